The highest BCUT2D eigenvalue weighted by molar-refractivity contribution is 7.99. The molecule has 1 aromatic heterocycles. The van der Waals surface area contributed by atoms with E-state index in [-0.39, 0.29) is 17.7 Å². The molecule has 0 fully saturated rings. The van der Waals surface area contributed by atoms with Crippen molar-refractivity contribution in [2.75, 3.05) is 12.9 Å². The maximum atomic E-state index is 12.5. The van der Waals surface area contributed by atoms with E-state index in [1.54, 1.807) is 7.11 Å². The number of aromatic amines is 1. The molecule has 0 bridgehead atoms. The predicted molar refractivity (Wildman–Crippen MR) is 120 cm³/mol. The van der Waals surface area contributed by atoms with Crippen LogP contribution in [-0.4, -0.2) is 34.0 Å². The molecule has 7 heteroatoms. The number of methoxy groups -OCH3 is 1. The monoisotopic (exact) mass is 418 g/mol. The van der Waals surface area contributed by atoms with E-state index < -0.39 is 0 Å². The van der Waals surface area contributed by atoms with Crippen LogP contribution in [0.3, 0.4) is 0 Å². The molecule has 0 unspecified atom stereocenters. The van der Waals surface area contributed by atoms with Gasteiger partial charge in [-0.3, -0.25) is 9.89 Å². The van der Waals surface area contributed by atoms with Crippen molar-refractivity contribution < 1.29 is 9.53 Å². The second kappa shape index (κ2) is 9.00. The van der Waals surface area contributed by atoms with E-state index in [1.807, 2.05) is 49.4 Å². The van der Waals surface area contributed by atoms with Gasteiger partial charge in [0.25, 0.3) is 0 Å². The molecule has 0 spiro atoms. The van der Waals surface area contributed by atoms with Crippen LogP contribution in [0.5, 0.6) is 5.75 Å². The molecule has 0 aliphatic rings. The summed E-state index contributed by atoms with van der Waals surface area (Å²) in [5, 5.41) is 13.0. The molecule has 3 aromatic carbocycles. The molecule has 0 saturated heterocycles. The number of thioether (sulfide) groups is 1. The number of fused-ring (bicyclic) bond motifs is 1. The van der Waals surface area contributed by atoms with Crippen LogP contribution >= 0.6 is 11.8 Å². The largest absolute Gasteiger partial charge is 0.497 e. The molecular formula is C23H22N4O2S. The highest BCUT2D eigenvalue weighted by atomic mass is 32.2. The molecule has 2 N–H and O–H groups in total. The van der Waals surface area contributed by atoms with Gasteiger partial charge in [0.2, 0.25) is 11.1 Å². The van der Waals surface area contributed by atoms with Gasteiger partial charge >= 0.3 is 0 Å². The van der Waals surface area contributed by atoms with Gasteiger partial charge in [-0.05, 0) is 47.5 Å². The zero-order chi connectivity index (χ0) is 20.9. The molecule has 1 heterocycles. The van der Waals surface area contributed by atoms with Gasteiger partial charge in [0.15, 0.2) is 5.82 Å². The summed E-state index contributed by atoms with van der Waals surface area (Å²) in [6.07, 6.45) is 0. The molecule has 6 nitrogen and oxygen atoms in total. The normalized spacial score (nSPS) is 11.9. The molecule has 4 rings (SSSR count). The molecule has 1 atom stereocenters. The van der Waals surface area contributed by atoms with Gasteiger partial charge in [-0.25, -0.2) is 4.98 Å². The number of nitrogens with one attached hydrogen (secondary N) is 2. The van der Waals surface area contributed by atoms with Crippen molar-refractivity contribution >= 4 is 28.4 Å². The standard InChI is InChI=1S/C23H22N4O2S/c1-15(19-9-5-7-16-6-3-4-8-20(16)19)24-21(28)14-30-23-25-22(26-27-23)17-10-12-18(29-2)13-11-17/h3-13,15H,14H2,1-2H3,(H,24,28)(H,25,26,27)/t15-/m0/s1. The third kappa shape index (κ3) is 4.46. The van der Waals surface area contributed by atoms with Crippen molar-refractivity contribution in [1.82, 2.24) is 20.5 Å². The zero-order valence-electron chi connectivity index (χ0n) is 16.8. The van der Waals surface area contributed by atoms with Crippen molar-refractivity contribution in [3.05, 3.63) is 72.3 Å². The fourth-order valence-electron chi connectivity index (χ4n) is 3.31. The summed E-state index contributed by atoms with van der Waals surface area (Å²) in [5.74, 6) is 1.63. The lowest BCUT2D eigenvalue weighted by atomic mass is 10.00. The van der Waals surface area contributed by atoms with Crippen molar-refractivity contribution in [3.8, 4) is 17.1 Å². The van der Waals surface area contributed by atoms with Crippen molar-refractivity contribution in [2.45, 2.75) is 18.1 Å². The van der Waals surface area contributed by atoms with Crippen LogP contribution < -0.4 is 10.1 Å². The molecule has 4 aromatic rings. The summed E-state index contributed by atoms with van der Waals surface area (Å²) in [6.45, 7) is 2.00. The Labute approximate surface area is 179 Å². The van der Waals surface area contributed by atoms with E-state index in [2.05, 4.69) is 44.8 Å². The number of hydrogen-bond donors (Lipinski definition) is 2. The fourth-order valence-corrected chi connectivity index (χ4v) is 3.92. The summed E-state index contributed by atoms with van der Waals surface area (Å²) in [7, 11) is 1.63. The molecule has 0 saturated carbocycles. The molecule has 152 valence electrons. The average molecular weight is 419 g/mol. The smallest absolute Gasteiger partial charge is 0.230 e. The molecular weight excluding hydrogens is 396 g/mol. The number of benzene rings is 3. The van der Waals surface area contributed by atoms with Crippen molar-refractivity contribution in [1.29, 1.82) is 0 Å². The topological polar surface area (TPSA) is 79.9 Å². The number of ether oxygens (including phenoxy) is 1. The van der Waals surface area contributed by atoms with Crippen LogP contribution in [0.25, 0.3) is 22.2 Å². The third-order valence-corrected chi connectivity index (χ3v) is 5.68. The minimum Gasteiger partial charge on any atom is -0.497 e. The third-order valence-electron chi connectivity index (χ3n) is 4.83. The van der Waals surface area contributed by atoms with Crippen molar-refractivity contribution in [2.24, 2.45) is 0 Å². The van der Waals surface area contributed by atoms with E-state index in [4.69, 9.17) is 4.74 Å². The number of rotatable bonds is 7. The van der Waals surface area contributed by atoms with Crippen LogP contribution in [-0.2, 0) is 4.79 Å². The molecule has 0 radical (unpaired) electrons. The van der Waals surface area contributed by atoms with Gasteiger partial charge in [0, 0.05) is 5.56 Å². The summed E-state index contributed by atoms with van der Waals surface area (Å²) in [5.41, 5.74) is 2.01. The molecule has 0 aliphatic heterocycles. The molecule has 30 heavy (non-hydrogen) atoms. The van der Waals surface area contributed by atoms with Gasteiger partial charge in [-0.1, -0.05) is 54.2 Å². The van der Waals surface area contributed by atoms with E-state index in [9.17, 15) is 4.79 Å². The number of nitrogens with zero attached hydrogens (tertiary/aromatic N) is 2. The average Bonchev–Trinajstić information content (AvgIpc) is 3.26. The highest BCUT2D eigenvalue weighted by Crippen LogP contribution is 2.25. The second-order valence-electron chi connectivity index (χ2n) is 6.84. The zero-order valence-corrected chi connectivity index (χ0v) is 17.6. The Morgan fingerprint density at radius 3 is 2.67 bits per heavy atom. The Morgan fingerprint density at radius 1 is 1.10 bits per heavy atom. The maximum Gasteiger partial charge on any atom is 0.230 e. The van der Waals surface area contributed by atoms with Crippen LogP contribution in [0.1, 0.15) is 18.5 Å². The van der Waals surface area contributed by atoms with Gasteiger partial charge in [-0.2, -0.15) is 0 Å². The van der Waals surface area contributed by atoms with Gasteiger partial charge in [0.1, 0.15) is 5.75 Å². The number of carbonyl (C=O) groups is 1. The first-order chi connectivity index (χ1) is 14.6. The fraction of sp³-hybridized carbons (Fsp3) is 0.174. The number of amides is 1. The quantitative estimate of drug-likeness (QED) is 0.429. The van der Waals surface area contributed by atoms with Gasteiger partial charge in [0.05, 0.1) is 18.9 Å². The summed E-state index contributed by atoms with van der Waals surface area (Å²) in [4.78, 5) is 16.9. The van der Waals surface area contributed by atoms with E-state index in [0.717, 1.165) is 27.6 Å². The second-order valence-corrected chi connectivity index (χ2v) is 7.78. The van der Waals surface area contributed by atoms with Crippen LogP contribution in [0.2, 0.25) is 0 Å². The first kappa shape index (κ1) is 20.0. The number of carbonyl (C=O) groups excluding carboxylic acids is 1. The number of aromatic nitrogens is 3. The molecule has 1 amide bonds. The van der Waals surface area contributed by atoms with E-state index in [0.29, 0.717) is 11.0 Å². The summed E-state index contributed by atoms with van der Waals surface area (Å²) >= 11 is 1.30. The highest BCUT2D eigenvalue weighted by Gasteiger charge is 2.14. The number of H-pyrrole nitrogens is 1. The first-order valence-electron chi connectivity index (χ1n) is 9.60. The predicted octanol–water partition coefficient (Wildman–Crippen LogP) is 4.60. The van der Waals surface area contributed by atoms with Crippen molar-refractivity contribution in [3.63, 3.8) is 0 Å². The first-order valence-corrected chi connectivity index (χ1v) is 10.6. The summed E-state index contributed by atoms with van der Waals surface area (Å²) < 4.78 is 5.17. The Bertz CT molecular complexity index is 1150. The van der Waals surface area contributed by atoms with E-state index in [1.165, 1.54) is 11.8 Å². The lowest BCUT2D eigenvalue weighted by Gasteiger charge is -2.16. The Balaban J connectivity index is 1.36. The van der Waals surface area contributed by atoms with Crippen LogP contribution in [0.4, 0.5) is 0 Å². The Morgan fingerprint density at radius 2 is 1.87 bits per heavy atom. The number of hydrogen-bond acceptors (Lipinski definition) is 5. The minimum absolute atomic E-state index is 0.0590. The Kier molecular flexibility index (Phi) is 5.99. The summed E-state index contributed by atoms with van der Waals surface area (Å²) in [6, 6.07) is 21.8. The Hall–Kier alpha value is -3.32. The maximum absolute atomic E-state index is 12.5. The lowest BCUT2D eigenvalue weighted by molar-refractivity contribution is -0.119. The SMILES string of the molecule is COc1ccc(-c2nc(SCC(=O)N[C@@H](C)c3cccc4ccccc34)n[nH]2)cc1. The van der Waals surface area contributed by atoms with Gasteiger partial charge in [-0.15, -0.1) is 5.10 Å². The minimum atomic E-state index is -0.0915. The van der Waals surface area contributed by atoms with E-state index >= 15 is 0 Å². The lowest BCUT2D eigenvalue weighted by Crippen LogP contribution is -2.28. The van der Waals surface area contributed by atoms with Gasteiger partial charge < -0.3 is 10.1 Å². The van der Waals surface area contributed by atoms with Crippen LogP contribution in [0, 0.1) is 0 Å². The van der Waals surface area contributed by atoms with Crippen LogP contribution in [0.15, 0.2) is 71.9 Å². The molecule has 0 aliphatic carbocycles.